The summed E-state index contributed by atoms with van der Waals surface area (Å²) in [7, 11) is 0. The van der Waals surface area contributed by atoms with E-state index in [2.05, 4.69) is 0 Å². The van der Waals surface area contributed by atoms with E-state index in [-0.39, 0.29) is 0 Å². The van der Waals surface area contributed by atoms with Gasteiger partial charge in [-0.05, 0) is 31.9 Å². The van der Waals surface area contributed by atoms with Crippen molar-refractivity contribution in [2.75, 3.05) is 0 Å². The fourth-order valence-corrected chi connectivity index (χ4v) is 2.18. The molecule has 1 aliphatic carbocycles. The largest absolute Gasteiger partial charge is 0.382 e. The maximum Gasteiger partial charge on any atom is 0.382 e. The molecule has 1 fully saturated rings. The van der Waals surface area contributed by atoms with E-state index in [0.29, 0.717) is 0 Å². The third kappa shape index (κ3) is 1.29. The molecule has 0 saturated heterocycles. The van der Waals surface area contributed by atoms with E-state index in [0.717, 1.165) is 31.9 Å². The van der Waals surface area contributed by atoms with Crippen LogP contribution in [0.5, 0.6) is 0 Å². The number of alkyl halides is 12. The van der Waals surface area contributed by atoms with Gasteiger partial charge in [0.05, 0.1) is 0 Å². The van der Waals surface area contributed by atoms with Crippen LogP contribution < -0.4 is 0 Å². The van der Waals surface area contributed by atoms with Crippen molar-refractivity contribution in [3.63, 3.8) is 0 Å². The summed E-state index contributed by atoms with van der Waals surface area (Å²) in [6, 6.07) is 0. The van der Waals surface area contributed by atoms with Gasteiger partial charge in [0, 0.05) is 0 Å². The second-order valence-electron chi connectivity index (χ2n) is 3.45. The Labute approximate surface area is 109 Å². The van der Waals surface area contributed by atoms with Gasteiger partial charge in [-0.2, -0.15) is 35.1 Å². The van der Waals surface area contributed by atoms with E-state index >= 15 is 0 Å². The zero-order valence-electron chi connectivity index (χ0n) is 7.54. The van der Waals surface area contributed by atoms with Crippen LogP contribution in [-0.2, 0) is 0 Å². The van der Waals surface area contributed by atoms with Gasteiger partial charge >= 0.3 is 23.7 Å². The van der Waals surface area contributed by atoms with Crippen molar-refractivity contribution in [2.24, 2.45) is 0 Å². The molecule has 0 spiro atoms. The molecular formula is C6Br2F10. The molecule has 1 saturated carbocycles. The molecule has 2 atom stereocenters. The second kappa shape index (κ2) is 3.47. The smallest absolute Gasteiger partial charge is 0.219 e. The first kappa shape index (κ1) is 16.3. The summed E-state index contributed by atoms with van der Waals surface area (Å²) in [6.07, 6.45) is 0. The molecule has 0 aromatic carbocycles. The monoisotopic (exact) mass is 420 g/mol. The molecular weight excluding hydrogens is 422 g/mol. The summed E-state index contributed by atoms with van der Waals surface area (Å²) in [5.41, 5.74) is 0. The Morgan fingerprint density at radius 1 is 0.389 bits per heavy atom. The van der Waals surface area contributed by atoms with Crippen molar-refractivity contribution in [1.29, 1.82) is 0 Å². The molecule has 0 aliphatic heterocycles. The summed E-state index contributed by atoms with van der Waals surface area (Å²) < 4.78 is 117. The number of hydrogen-bond donors (Lipinski definition) is 0. The van der Waals surface area contributed by atoms with E-state index in [9.17, 15) is 43.9 Å². The molecule has 0 heterocycles. The van der Waals surface area contributed by atoms with Gasteiger partial charge in [0.25, 0.3) is 9.16 Å². The van der Waals surface area contributed by atoms with Crippen molar-refractivity contribution in [3.8, 4) is 0 Å². The first-order valence-corrected chi connectivity index (χ1v) is 5.35. The van der Waals surface area contributed by atoms with Crippen LogP contribution in [0.1, 0.15) is 0 Å². The predicted octanol–water partition coefficient (Wildman–Crippen LogP) is 4.66. The van der Waals surface area contributed by atoms with Gasteiger partial charge in [0.2, 0.25) is 0 Å². The lowest BCUT2D eigenvalue weighted by Gasteiger charge is -2.51. The normalized spacial score (nSPS) is 44.7. The predicted molar refractivity (Wildman–Crippen MR) is 45.3 cm³/mol. The maximum absolute atomic E-state index is 13.2. The molecule has 0 radical (unpaired) electrons. The minimum atomic E-state index is -6.81. The SMILES string of the molecule is FC1(F)C(F)(F)C(F)(F)C(F)(Br)C(F)(Br)C1(F)F. The minimum Gasteiger partial charge on any atom is -0.219 e. The summed E-state index contributed by atoms with van der Waals surface area (Å²) in [4.78, 5) is 0. The van der Waals surface area contributed by atoms with Crippen LogP contribution in [0.3, 0.4) is 0 Å². The third-order valence-electron chi connectivity index (χ3n) is 2.37. The second-order valence-corrected chi connectivity index (χ2v) is 5.63. The molecule has 1 rings (SSSR count). The fraction of sp³-hybridized carbons (Fsp3) is 1.00. The Kier molecular flexibility index (Phi) is 3.15. The van der Waals surface area contributed by atoms with Gasteiger partial charge in [-0.15, -0.1) is 0 Å². The van der Waals surface area contributed by atoms with Crippen molar-refractivity contribution >= 4 is 31.9 Å². The maximum atomic E-state index is 13.2. The van der Waals surface area contributed by atoms with Crippen LogP contribution in [0.2, 0.25) is 0 Å². The zero-order valence-corrected chi connectivity index (χ0v) is 10.7. The number of rotatable bonds is 0. The fourth-order valence-electron chi connectivity index (χ4n) is 1.18. The van der Waals surface area contributed by atoms with Crippen molar-refractivity contribution < 1.29 is 43.9 Å². The van der Waals surface area contributed by atoms with Crippen LogP contribution in [0.25, 0.3) is 0 Å². The highest BCUT2D eigenvalue weighted by Gasteiger charge is 2.99. The van der Waals surface area contributed by atoms with E-state index < -0.39 is 32.8 Å². The topological polar surface area (TPSA) is 0 Å². The molecule has 1 aliphatic rings. The van der Waals surface area contributed by atoms with Gasteiger partial charge in [-0.3, -0.25) is 0 Å². The van der Waals surface area contributed by atoms with E-state index in [4.69, 9.17) is 0 Å². The first-order chi connectivity index (χ1) is 7.50. The Hall–Kier alpha value is 0.260. The Bertz CT molecular complexity index is 256. The highest BCUT2D eigenvalue weighted by atomic mass is 79.9. The molecule has 18 heavy (non-hydrogen) atoms. The Balaban J connectivity index is 3.72. The Morgan fingerprint density at radius 2 is 0.556 bits per heavy atom. The summed E-state index contributed by atoms with van der Waals surface area (Å²) in [6.45, 7) is 0. The van der Waals surface area contributed by atoms with Gasteiger partial charge in [-0.25, -0.2) is 8.78 Å². The highest BCUT2D eigenvalue weighted by molar-refractivity contribution is 9.12. The third-order valence-corrected chi connectivity index (χ3v) is 4.99. The molecule has 0 nitrogen and oxygen atoms in total. The van der Waals surface area contributed by atoms with E-state index in [1.807, 2.05) is 0 Å². The van der Waals surface area contributed by atoms with Gasteiger partial charge < -0.3 is 0 Å². The van der Waals surface area contributed by atoms with Crippen LogP contribution >= 0.6 is 31.9 Å². The Morgan fingerprint density at radius 3 is 0.722 bits per heavy atom. The molecule has 0 N–H and O–H groups in total. The standard InChI is InChI=1S/C6Br2F10/c7-1(9)2(8,10)4(13,14)6(17,18)5(15,16)3(1,11)12. The van der Waals surface area contributed by atoms with E-state index in [1.54, 1.807) is 0 Å². The number of halogens is 12. The molecule has 0 aromatic heterocycles. The summed E-state index contributed by atoms with van der Waals surface area (Å²) in [5.74, 6) is -26.5. The van der Waals surface area contributed by atoms with Crippen LogP contribution in [-0.4, -0.2) is 32.8 Å². The van der Waals surface area contributed by atoms with Gasteiger partial charge in [0.15, 0.2) is 0 Å². The van der Waals surface area contributed by atoms with Crippen LogP contribution in [0.4, 0.5) is 43.9 Å². The molecule has 12 heteroatoms. The van der Waals surface area contributed by atoms with Crippen molar-refractivity contribution in [2.45, 2.75) is 32.8 Å². The first-order valence-electron chi connectivity index (χ1n) is 3.77. The highest BCUT2D eigenvalue weighted by Crippen LogP contribution is 2.72. The zero-order chi connectivity index (χ0) is 15.0. The van der Waals surface area contributed by atoms with Gasteiger partial charge in [-0.1, -0.05) is 0 Å². The lowest BCUT2D eigenvalue weighted by Crippen LogP contribution is -2.81. The molecule has 0 amide bonds. The van der Waals surface area contributed by atoms with Crippen molar-refractivity contribution in [1.82, 2.24) is 0 Å². The van der Waals surface area contributed by atoms with Crippen LogP contribution in [0, 0.1) is 0 Å². The quantitative estimate of drug-likeness (QED) is 0.394. The average Bonchev–Trinajstić information content (AvgIpc) is 2.14. The average molecular weight is 422 g/mol. The molecule has 2 unspecified atom stereocenters. The van der Waals surface area contributed by atoms with Gasteiger partial charge in [0.1, 0.15) is 0 Å². The molecule has 0 aromatic rings. The van der Waals surface area contributed by atoms with E-state index in [1.165, 1.54) is 0 Å². The van der Waals surface area contributed by atoms with Crippen molar-refractivity contribution in [3.05, 3.63) is 0 Å². The molecule has 108 valence electrons. The summed E-state index contributed by atoms with van der Waals surface area (Å²) >= 11 is 2.01. The molecule has 0 bridgehead atoms. The lowest BCUT2D eigenvalue weighted by molar-refractivity contribution is -0.431. The minimum absolute atomic E-state index is 1.01. The lowest BCUT2D eigenvalue weighted by atomic mass is 9.82. The summed E-state index contributed by atoms with van der Waals surface area (Å²) in [5, 5.41) is 0. The number of hydrogen-bond acceptors (Lipinski definition) is 0. The van der Waals surface area contributed by atoms with Crippen LogP contribution in [0.15, 0.2) is 0 Å².